The molecule has 1 aliphatic rings. The number of fused-ring (bicyclic) bond motifs is 1. The Labute approximate surface area is 118 Å². The van der Waals surface area contributed by atoms with E-state index in [0.29, 0.717) is 6.04 Å². The van der Waals surface area contributed by atoms with E-state index in [0.717, 1.165) is 25.1 Å². The van der Waals surface area contributed by atoms with Crippen molar-refractivity contribution < 1.29 is 0 Å². The normalized spacial score (nSPS) is 18.2. The highest BCUT2D eigenvalue weighted by atomic mass is 32.1. The van der Waals surface area contributed by atoms with E-state index < -0.39 is 0 Å². The number of hydrogen-bond acceptors (Lipinski definition) is 3. The van der Waals surface area contributed by atoms with Gasteiger partial charge in [0.25, 0.3) is 0 Å². The highest BCUT2D eigenvalue weighted by Gasteiger charge is 2.17. The van der Waals surface area contributed by atoms with Gasteiger partial charge in [-0.15, -0.1) is 11.3 Å². The van der Waals surface area contributed by atoms with Crippen molar-refractivity contribution in [2.45, 2.75) is 31.7 Å². The average Bonchev–Trinajstić information content (AvgIpc) is 2.91. The van der Waals surface area contributed by atoms with Crippen LogP contribution in [0.25, 0.3) is 0 Å². The number of rotatable bonds is 4. The first kappa shape index (κ1) is 12.7. The lowest BCUT2D eigenvalue weighted by Crippen LogP contribution is -2.35. The first-order valence-corrected chi connectivity index (χ1v) is 7.82. The Morgan fingerprint density at radius 1 is 1.26 bits per heavy atom. The maximum absolute atomic E-state index is 5.87. The lowest BCUT2D eigenvalue weighted by Gasteiger charge is -2.25. The number of nitrogens with two attached hydrogens (primary N) is 1. The number of anilines is 1. The van der Waals surface area contributed by atoms with Gasteiger partial charge in [-0.05, 0) is 60.4 Å². The summed E-state index contributed by atoms with van der Waals surface area (Å²) in [7, 11) is 0. The molecular formula is C16H20N2S. The predicted octanol–water partition coefficient (Wildman–Crippen LogP) is 3.02. The van der Waals surface area contributed by atoms with Crippen LogP contribution in [0.1, 0.15) is 22.4 Å². The summed E-state index contributed by atoms with van der Waals surface area (Å²) in [5.74, 6) is 0. The molecule has 1 aromatic carbocycles. The zero-order chi connectivity index (χ0) is 13.1. The molecular weight excluding hydrogens is 252 g/mol. The summed E-state index contributed by atoms with van der Waals surface area (Å²) in [4.78, 5) is 1.47. The Morgan fingerprint density at radius 3 is 3.05 bits per heavy atom. The molecule has 1 atom stereocenters. The van der Waals surface area contributed by atoms with Crippen LogP contribution >= 0.6 is 11.3 Å². The summed E-state index contributed by atoms with van der Waals surface area (Å²) < 4.78 is 0. The van der Waals surface area contributed by atoms with E-state index in [1.165, 1.54) is 28.8 Å². The molecule has 0 spiro atoms. The molecule has 1 unspecified atom stereocenters. The molecule has 1 aromatic heterocycles. The molecule has 0 saturated carbocycles. The molecule has 2 nitrogen and oxygen atoms in total. The number of nitrogens with one attached hydrogen (secondary N) is 1. The van der Waals surface area contributed by atoms with E-state index in [1.807, 2.05) is 17.4 Å². The number of benzene rings is 1. The van der Waals surface area contributed by atoms with Crippen LogP contribution in [0.2, 0.25) is 0 Å². The van der Waals surface area contributed by atoms with Crippen LogP contribution in [-0.2, 0) is 19.3 Å². The lowest BCUT2D eigenvalue weighted by molar-refractivity contribution is 0.462. The number of aryl methyl sites for hydroxylation is 1. The van der Waals surface area contributed by atoms with Crippen LogP contribution in [-0.4, -0.2) is 12.6 Å². The minimum Gasteiger partial charge on any atom is -0.399 e. The van der Waals surface area contributed by atoms with E-state index in [2.05, 4.69) is 35.0 Å². The molecule has 1 aliphatic carbocycles. The van der Waals surface area contributed by atoms with E-state index in [1.54, 1.807) is 0 Å². The summed E-state index contributed by atoms with van der Waals surface area (Å²) in [6, 6.07) is 11.3. The summed E-state index contributed by atoms with van der Waals surface area (Å²) >= 11 is 1.84. The molecule has 19 heavy (non-hydrogen) atoms. The van der Waals surface area contributed by atoms with Crippen molar-refractivity contribution in [1.29, 1.82) is 0 Å². The molecule has 3 heteroatoms. The van der Waals surface area contributed by atoms with E-state index in [9.17, 15) is 0 Å². The van der Waals surface area contributed by atoms with Crippen molar-refractivity contribution in [3.8, 4) is 0 Å². The van der Waals surface area contributed by atoms with Crippen molar-refractivity contribution in [3.63, 3.8) is 0 Å². The zero-order valence-corrected chi connectivity index (χ0v) is 11.9. The quantitative estimate of drug-likeness (QED) is 0.840. The fourth-order valence-corrected chi connectivity index (χ4v) is 3.51. The van der Waals surface area contributed by atoms with Crippen molar-refractivity contribution in [2.24, 2.45) is 0 Å². The summed E-state index contributed by atoms with van der Waals surface area (Å²) in [5, 5.41) is 5.83. The molecule has 100 valence electrons. The van der Waals surface area contributed by atoms with Crippen molar-refractivity contribution in [3.05, 3.63) is 51.7 Å². The summed E-state index contributed by atoms with van der Waals surface area (Å²) in [5.41, 5.74) is 9.67. The van der Waals surface area contributed by atoms with Crippen LogP contribution in [0.15, 0.2) is 35.7 Å². The fourth-order valence-electron chi connectivity index (χ4n) is 2.81. The van der Waals surface area contributed by atoms with Gasteiger partial charge in [0.1, 0.15) is 0 Å². The first-order valence-electron chi connectivity index (χ1n) is 6.94. The van der Waals surface area contributed by atoms with E-state index in [4.69, 9.17) is 5.73 Å². The van der Waals surface area contributed by atoms with Gasteiger partial charge in [-0.3, -0.25) is 0 Å². The number of nitrogen functional groups attached to an aromatic ring is 1. The predicted molar refractivity (Wildman–Crippen MR) is 82.7 cm³/mol. The molecule has 0 aliphatic heterocycles. The van der Waals surface area contributed by atoms with Crippen LogP contribution in [0.4, 0.5) is 5.69 Å². The van der Waals surface area contributed by atoms with Gasteiger partial charge in [0, 0.05) is 23.2 Å². The molecule has 2 aromatic rings. The number of hydrogen-bond donors (Lipinski definition) is 2. The van der Waals surface area contributed by atoms with E-state index >= 15 is 0 Å². The van der Waals surface area contributed by atoms with Gasteiger partial charge in [0.2, 0.25) is 0 Å². The topological polar surface area (TPSA) is 38.0 Å². The Bertz CT molecular complexity index is 534. The first-order chi connectivity index (χ1) is 9.31. The second-order valence-corrected chi connectivity index (χ2v) is 6.28. The highest BCUT2D eigenvalue weighted by Crippen LogP contribution is 2.23. The Morgan fingerprint density at radius 2 is 2.21 bits per heavy atom. The molecule has 3 rings (SSSR count). The molecule has 0 fully saturated rings. The fraction of sp³-hybridized carbons (Fsp3) is 0.375. The van der Waals surface area contributed by atoms with Gasteiger partial charge in [-0.25, -0.2) is 0 Å². The molecule has 0 radical (unpaired) electrons. The highest BCUT2D eigenvalue weighted by molar-refractivity contribution is 7.09. The molecule has 3 N–H and O–H groups in total. The van der Waals surface area contributed by atoms with Crippen LogP contribution in [0, 0.1) is 0 Å². The van der Waals surface area contributed by atoms with Crippen LogP contribution in [0.5, 0.6) is 0 Å². The minimum atomic E-state index is 0.606. The third kappa shape index (κ3) is 3.17. The monoisotopic (exact) mass is 272 g/mol. The van der Waals surface area contributed by atoms with Gasteiger partial charge in [0.15, 0.2) is 0 Å². The average molecular weight is 272 g/mol. The molecule has 0 saturated heterocycles. The maximum atomic E-state index is 5.87. The third-order valence-corrected chi connectivity index (χ3v) is 4.78. The van der Waals surface area contributed by atoms with Crippen molar-refractivity contribution >= 4 is 17.0 Å². The largest absolute Gasteiger partial charge is 0.399 e. The minimum absolute atomic E-state index is 0.606. The SMILES string of the molecule is Nc1ccc2c(c1)CC(NCCc1cccs1)CC2. The lowest BCUT2D eigenvalue weighted by atomic mass is 9.88. The summed E-state index contributed by atoms with van der Waals surface area (Å²) in [6.45, 7) is 1.07. The van der Waals surface area contributed by atoms with Crippen LogP contribution in [0.3, 0.4) is 0 Å². The van der Waals surface area contributed by atoms with E-state index in [-0.39, 0.29) is 0 Å². The standard InChI is InChI=1S/C16H20N2S/c17-14-5-3-12-4-6-15(11-13(12)10-14)18-8-7-16-2-1-9-19-16/h1-3,5,9-10,15,18H,4,6-8,11,17H2. The molecule has 0 amide bonds. The van der Waals surface area contributed by atoms with Gasteiger partial charge in [-0.1, -0.05) is 12.1 Å². The molecule has 0 bridgehead atoms. The second kappa shape index (κ2) is 5.76. The van der Waals surface area contributed by atoms with Gasteiger partial charge < -0.3 is 11.1 Å². The number of thiophene rings is 1. The Kier molecular flexibility index (Phi) is 3.85. The zero-order valence-electron chi connectivity index (χ0n) is 11.1. The smallest absolute Gasteiger partial charge is 0.0316 e. The Hall–Kier alpha value is -1.32. The van der Waals surface area contributed by atoms with Crippen LogP contribution < -0.4 is 11.1 Å². The van der Waals surface area contributed by atoms with Gasteiger partial charge in [-0.2, -0.15) is 0 Å². The Balaban J connectivity index is 1.54. The molecule has 1 heterocycles. The van der Waals surface area contributed by atoms with Crippen molar-refractivity contribution in [1.82, 2.24) is 5.32 Å². The third-order valence-electron chi connectivity index (χ3n) is 3.84. The second-order valence-electron chi connectivity index (χ2n) is 5.25. The maximum Gasteiger partial charge on any atom is 0.0316 e. The summed E-state index contributed by atoms with van der Waals surface area (Å²) in [6.07, 6.45) is 4.66. The van der Waals surface area contributed by atoms with Gasteiger partial charge >= 0.3 is 0 Å². The van der Waals surface area contributed by atoms with Gasteiger partial charge in [0.05, 0.1) is 0 Å². The van der Waals surface area contributed by atoms with Crippen molar-refractivity contribution in [2.75, 3.05) is 12.3 Å².